The van der Waals surface area contributed by atoms with E-state index in [1.165, 1.54) is 6.07 Å². The maximum atomic E-state index is 14.0. The van der Waals surface area contributed by atoms with E-state index in [1.807, 2.05) is 43.7 Å². The molecule has 1 aliphatic heterocycles. The molecule has 0 N–H and O–H groups in total. The van der Waals surface area contributed by atoms with Gasteiger partial charge in [0.1, 0.15) is 11.6 Å². The van der Waals surface area contributed by atoms with Gasteiger partial charge in [-0.15, -0.1) is 0 Å². The SMILES string of the molecule is COCCc1ncc(CN2CCC[C@H]2c2nc(N(C)C)ncc2-c2cccc(F)c2)cn1. The van der Waals surface area contributed by atoms with Crippen molar-refractivity contribution in [1.82, 2.24) is 24.8 Å². The molecule has 168 valence electrons. The zero-order valence-corrected chi connectivity index (χ0v) is 18.8. The lowest BCUT2D eigenvalue weighted by atomic mass is 9.99. The molecule has 3 heterocycles. The van der Waals surface area contributed by atoms with Crippen LogP contribution >= 0.6 is 0 Å². The quantitative estimate of drug-likeness (QED) is 0.534. The minimum absolute atomic E-state index is 0.114. The molecular weight excluding hydrogens is 407 g/mol. The predicted molar refractivity (Wildman–Crippen MR) is 122 cm³/mol. The number of benzene rings is 1. The van der Waals surface area contributed by atoms with Gasteiger partial charge in [0.15, 0.2) is 0 Å². The predicted octanol–water partition coefficient (Wildman–Crippen LogP) is 3.66. The Morgan fingerprint density at radius 3 is 2.69 bits per heavy atom. The standard InChI is InChI=1S/C24H29FN6O/c1-30(2)24-28-15-20(18-6-4-7-19(25)12-18)23(29-24)21-8-5-10-31(21)16-17-13-26-22(27-14-17)9-11-32-3/h4,6-7,12-15,21H,5,8-11,16H2,1-3H3/t21-/m0/s1. The van der Waals surface area contributed by atoms with Crippen molar-refractivity contribution in [3.05, 3.63) is 65.8 Å². The van der Waals surface area contributed by atoms with Crippen LogP contribution in [0.3, 0.4) is 0 Å². The maximum Gasteiger partial charge on any atom is 0.225 e. The van der Waals surface area contributed by atoms with Crippen LogP contribution in [0.15, 0.2) is 42.9 Å². The van der Waals surface area contributed by atoms with Crippen LogP contribution in [0.5, 0.6) is 0 Å². The minimum atomic E-state index is -0.265. The van der Waals surface area contributed by atoms with E-state index in [4.69, 9.17) is 9.72 Å². The lowest BCUT2D eigenvalue weighted by Crippen LogP contribution is -2.25. The lowest BCUT2D eigenvalue weighted by molar-refractivity contribution is 0.200. The lowest BCUT2D eigenvalue weighted by Gasteiger charge is -2.26. The minimum Gasteiger partial charge on any atom is -0.384 e. The van der Waals surface area contributed by atoms with Gasteiger partial charge in [-0.05, 0) is 37.1 Å². The summed E-state index contributed by atoms with van der Waals surface area (Å²) in [6.45, 7) is 2.30. The molecule has 2 aromatic heterocycles. The van der Waals surface area contributed by atoms with Gasteiger partial charge in [-0.1, -0.05) is 12.1 Å². The summed E-state index contributed by atoms with van der Waals surface area (Å²) in [6.07, 6.45) is 8.36. The van der Waals surface area contributed by atoms with Gasteiger partial charge < -0.3 is 9.64 Å². The molecule has 1 atom stereocenters. The first-order chi connectivity index (χ1) is 15.5. The van der Waals surface area contributed by atoms with Crippen molar-refractivity contribution >= 4 is 5.95 Å². The molecule has 1 aliphatic rings. The second-order valence-corrected chi connectivity index (χ2v) is 8.25. The van der Waals surface area contributed by atoms with Crippen molar-refractivity contribution < 1.29 is 9.13 Å². The first-order valence-electron chi connectivity index (χ1n) is 10.9. The Morgan fingerprint density at radius 2 is 1.97 bits per heavy atom. The first-order valence-corrected chi connectivity index (χ1v) is 10.9. The topological polar surface area (TPSA) is 67.3 Å². The maximum absolute atomic E-state index is 14.0. The van der Waals surface area contributed by atoms with Crippen molar-refractivity contribution in [3.63, 3.8) is 0 Å². The Kier molecular flexibility index (Phi) is 7.02. The van der Waals surface area contributed by atoms with Gasteiger partial charge in [0, 0.05) is 63.9 Å². The van der Waals surface area contributed by atoms with Crippen LogP contribution in [0, 0.1) is 5.82 Å². The van der Waals surface area contributed by atoms with Gasteiger partial charge in [0.25, 0.3) is 0 Å². The van der Waals surface area contributed by atoms with Crippen LogP contribution in [0.25, 0.3) is 11.1 Å². The van der Waals surface area contributed by atoms with E-state index in [9.17, 15) is 4.39 Å². The molecule has 1 saturated heterocycles. The second-order valence-electron chi connectivity index (χ2n) is 8.25. The molecule has 0 saturated carbocycles. The summed E-state index contributed by atoms with van der Waals surface area (Å²) in [5.41, 5.74) is 3.66. The molecule has 0 amide bonds. The van der Waals surface area contributed by atoms with Crippen molar-refractivity contribution in [1.29, 1.82) is 0 Å². The third-order valence-corrected chi connectivity index (χ3v) is 5.69. The van der Waals surface area contributed by atoms with Crippen molar-refractivity contribution in [2.75, 3.05) is 39.3 Å². The highest BCUT2D eigenvalue weighted by Gasteiger charge is 2.30. The molecule has 0 radical (unpaired) electrons. The summed E-state index contributed by atoms with van der Waals surface area (Å²) in [7, 11) is 5.53. The Balaban J connectivity index is 1.63. The van der Waals surface area contributed by atoms with Crippen molar-refractivity contribution in [2.24, 2.45) is 0 Å². The van der Waals surface area contributed by atoms with Crippen LogP contribution in [-0.2, 0) is 17.7 Å². The fourth-order valence-electron chi connectivity index (χ4n) is 4.08. The molecule has 1 aromatic carbocycles. The molecule has 0 aliphatic carbocycles. The number of aromatic nitrogens is 4. The van der Waals surface area contributed by atoms with Crippen LogP contribution in [-0.4, -0.2) is 59.2 Å². The number of nitrogens with zero attached hydrogens (tertiary/aromatic N) is 6. The monoisotopic (exact) mass is 436 g/mol. The number of halogens is 1. The molecule has 3 aromatic rings. The van der Waals surface area contributed by atoms with E-state index in [-0.39, 0.29) is 11.9 Å². The van der Waals surface area contributed by atoms with Crippen LogP contribution in [0.4, 0.5) is 10.3 Å². The van der Waals surface area contributed by atoms with Crippen LogP contribution in [0.1, 0.15) is 36.0 Å². The fraction of sp³-hybridized carbons (Fsp3) is 0.417. The number of hydrogen-bond acceptors (Lipinski definition) is 7. The van der Waals surface area contributed by atoms with Crippen LogP contribution < -0.4 is 4.90 Å². The highest BCUT2D eigenvalue weighted by Crippen LogP contribution is 2.38. The van der Waals surface area contributed by atoms with Gasteiger partial charge in [-0.25, -0.2) is 24.3 Å². The molecule has 32 heavy (non-hydrogen) atoms. The summed E-state index contributed by atoms with van der Waals surface area (Å²) < 4.78 is 19.1. The third-order valence-electron chi connectivity index (χ3n) is 5.69. The van der Waals surface area contributed by atoms with Gasteiger partial charge in [-0.2, -0.15) is 0 Å². The molecule has 4 rings (SSSR count). The Labute approximate surface area is 188 Å². The average Bonchev–Trinajstić information content (AvgIpc) is 3.26. The molecular formula is C24H29FN6O. The number of hydrogen-bond donors (Lipinski definition) is 0. The van der Waals surface area contributed by atoms with Gasteiger partial charge in [0.05, 0.1) is 18.3 Å². The fourth-order valence-corrected chi connectivity index (χ4v) is 4.08. The van der Waals surface area contributed by atoms with E-state index < -0.39 is 0 Å². The van der Waals surface area contributed by atoms with E-state index >= 15 is 0 Å². The summed E-state index contributed by atoms with van der Waals surface area (Å²) in [5.74, 6) is 1.17. The highest BCUT2D eigenvalue weighted by molar-refractivity contribution is 5.66. The van der Waals surface area contributed by atoms with Crippen molar-refractivity contribution in [3.8, 4) is 11.1 Å². The van der Waals surface area contributed by atoms with E-state index in [2.05, 4.69) is 19.9 Å². The molecule has 0 spiro atoms. The molecule has 1 fully saturated rings. The zero-order chi connectivity index (χ0) is 22.5. The number of likely N-dealkylation sites (tertiary alicyclic amines) is 1. The molecule has 7 nitrogen and oxygen atoms in total. The summed E-state index contributed by atoms with van der Waals surface area (Å²) >= 11 is 0. The summed E-state index contributed by atoms with van der Waals surface area (Å²) in [4.78, 5) is 22.7. The number of anilines is 1. The normalized spacial score (nSPS) is 16.4. The third kappa shape index (κ3) is 5.08. The summed E-state index contributed by atoms with van der Waals surface area (Å²) in [6, 6.07) is 6.75. The zero-order valence-electron chi connectivity index (χ0n) is 18.8. The second kappa shape index (κ2) is 10.1. The largest absolute Gasteiger partial charge is 0.384 e. The first kappa shape index (κ1) is 22.2. The van der Waals surface area contributed by atoms with Gasteiger partial charge in [-0.3, -0.25) is 4.90 Å². The number of rotatable bonds is 8. The van der Waals surface area contributed by atoms with E-state index in [1.54, 1.807) is 19.2 Å². The number of methoxy groups -OCH3 is 1. The van der Waals surface area contributed by atoms with Crippen molar-refractivity contribution in [2.45, 2.75) is 31.8 Å². The van der Waals surface area contributed by atoms with Gasteiger partial charge in [0.2, 0.25) is 5.95 Å². The van der Waals surface area contributed by atoms with E-state index in [0.29, 0.717) is 19.0 Å². The van der Waals surface area contributed by atoms with Crippen LogP contribution in [0.2, 0.25) is 0 Å². The average molecular weight is 437 g/mol. The Hall–Kier alpha value is -2.97. The molecule has 0 unspecified atom stereocenters. The smallest absolute Gasteiger partial charge is 0.225 e. The highest BCUT2D eigenvalue weighted by atomic mass is 19.1. The summed E-state index contributed by atoms with van der Waals surface area (Å²) in [5, 5.41) is 0. The molecule has 0 bridgehead atoms. The Morgan fingerprint density at radius 1 is 1.16 bits per heavy atom. The number of ether oxygens (including phenoxy) is 1. The molecule has 8 heteroatoms. The Bertz CT molecular complexity index is 1040. The van der Waals surface area contributed by atoms with E-state index in [0.717, 1.165) is 54.1 Å². The van der Waals surface area contributed by atoms with Gasteiger partial charge >= 0.3 is 0 Å².